The van der Waals surface area contributed by atoms with Crippen molar-refractivity contribution >= 4 is 28.3 Å². The van der Waals surface area contributed by atoms with Crippen molar-refractivity contribution in [3.63, 3.8) is 0 Å². The molecular weight excluding hydrogens is 290 g/mol. The van der Waals surface area contributed by atoms with Crippen molar-refractivity contribution in [2.75, 3.05) is 5.73 Å². The van der Waals surface area contributed by atoms with Crippen molar-refractivity contribution in [3.05, 3.63) is 63.5 Å². The van der Waals surface area contributed by atoms with Gasteiger partial charge in [-0.3, -0.25) is 0 Å². The Morgan fingerprint density at radius 1 is 1.14 bits per heavy atom. The zero-order valence-electron chi connectivity index (χ0n) is 11.2. The highest BCUT2D eigenvalue weighted by molar-refractivity contribution is 6.30. The Bertz CT molecular complexity index is 886. The lowest BCUT2D eigenvalue weighted by molar-refractivity contribution is 0.482. The van der Waals surface area contributed by atoms with Gasteiger partial charge in [0.1, 0.15) is 11.3 Å². The molecule has 0 radical (unpaired) electrons. The predicted molar refractivity (Wildman–Crippen MR) is 83.2 cm³/mol. The fourth-order valence-electron chi connectivity index (χ4n) is 2.09. The molecule has 0 unspecified atom stereocenters. The Labute approximate surface area is 125 Å². The summed E-state index contributed by atoms with van der Waals surface area (Å²) in [7, 11) is 0. The molecule has 0 saturated carbocycles. The van der Waals surface area contributed by atoms with Crippen molar-refractivity contribution in [1.82, 2.24) is 0 Å². The van der Waals surface area contributed by atoms with Gasteiger partial charge in [-0.1, -0.05) is 11.6 Å². The van der Waals surface area contributed by atoms with Gasteiger partial charge in [-0.05, 0) is 36.8 Å². The first-order valence-electron chi connectivity index (χ1n) is 6.30. The topological polar surface area (TPSA) is 65.5 Å². The van der Waals surface area contributed by atoms with Crippen LogP contribution in [-0.2, 0) is 0 Å². The standard InChI is InChI=1S/C16H12ClNO3/c1-9-6-16(19)21-14-8-11(3-4-12(9)14)20-15-7-10(17)2-5-13(15)18/h2-8H,18H2,1H3. The number of rotatable bonds is 2. The molecule has 2 aromatic carbocycles. The van der Waals surface area contributed by atoms with Crippen molar-refractivity contribution < 1.29 is 9.15 Å². The van der Waals surface area contributed by atoms with Crippen LogP contribution >= 0.6 is 11.6 Å². The zero-order chi connectivity index (χ0) is 15.0. The molecule has 0 spiro atoms. The monoisotopic (exact) mass is 301 g/mol. The molecular formula is C16H12ClNO3. The first-order valence-corrected chi connectivity index (χ1v) is 6.68. The summed E-state index contributed by atoms with van der Waals surface area (Å²) in [6.45, 7) is 1.86. The normalized spacial score (nSPS) is 10.8. The molecule has 106 valence electrons. The maximum Gasteiger partial charge on any atom is 0.336 e. The molecule has 0 fully saturated rings. The molecule has 0 aliphatic heterocycles. The molecule has 1 aromatic heterocycles. The molecule has 5 heteroatoms. The van der Waals surface area contributed by atoms with Gasteiger partial charge in [0.25, 0.3) is 0 Å². The van der Waals surface area contributed by atoms with E-state index >= 15 is 0 Å². The third kappa shape index (κ3) is 2.71. The van der Waals surface area contributed by atoms with Crippen LogP contribution in [0, 0.1) is 6.92 Å². The number of halogens is 1. The van der Waals surface area contributed by atoms with Gasteiger partial charge in [-0.15, -0.1) is 0 Å². The Hall–Kier alpha value is -2.46. The highest BCUT2D eigenvalue weighted by Crippen LogP contribution is 2.31. The quantitative estimate of drug-likeness (QED) is 0.571. The van der Waals surface area contributed by atoms with Crippen LogP contribution in [0.5, 0.6) is 11.5 Å². The van der Waals surface area contributed by atoms with E-state index < -0.39 is 0 Å². The average molecular weight is 302 g/mol. The number of benzene rings is 2. The summed E-state index contributed by atoms with van der Waals surface area (Å²) in [4.78, 5) is 11.4. The van der Waals surface area contributed by atoms with Crippen LogP contribution < -0.4 is 16.1 Å². The molecule has 0 bridgehead atoms. The van der Waals surface area contributed by atoms with E-state index in [-0.39, 0.29) is 5.63 Å². The van der Waals surface area contributed by atoms with Gasteiger partial charge in [0.2, 0.25) is 0 Å². The zero-order valence-corrected chi connectivity index (χ0v) is 12.0. The summed E-state index contributed by atoms with van der Waals surface area (Å²) in [5.41, 5.74) is 7.26. The Morgan fingerprint density at radius 3 is 2.76 bits per heavy atom. The van der Waals surface area contributed by atoms with Crippen molar-refractivity contribution in [3.8, 4) is 11.5 Å². The second kappa shape index (κ2) is 5.14. The largest absolute Gasteiger partial charge is 0.455 e. The molecule has 2 N–H and O–H groups in total. The van der Waals surface area contributed by atoms with E-state index in [1.54, 1.807) is 30.3 Å². The number of nitrogens with two attached hydrogens (primary N) is 1. The maximum atomic E-state index is 11.4. The predicted octanol–water partition coefficient (Wildman–Crippen LogP) is 4.13. The summed E-state index contributed by atoms with van der Waals surface area (Å²) in [5, 5.41) is 1.39. The van der Waals surface area contributed by atoms with E-state index in [9.17, 15) is 4.79 Å². The third-order valence-corrected chi connectivity index (χ3v) is 3.36. The second-order valence-electron chi connectivity index (χ2n) is 4.69. The number of fused-ring (bicyclic) bond motifs is 1. The SMILES string of the molecule is Cc1cc(=O)oc2cc(Oc3cc(Cl)ccc3N)ccc12. The Kier molecular flexibility index (Phi) is 3.31. The van der Waals surface area contributed by atoms with Crippen LogP contribution in [0.15, 0.2) is 51.7 Å². The number of hydrogen-bond donors (Lipinski definition) is 1. The van der Waals surface area contributed by atoms with Gasteiger partial charge in [0.05, 0.1) is 5.69 Å². The minimum absolute atomic E-state index is 0.389. The second-order valence-corrected chi connectivity index (χ2v) is 5.13. The third-order valence-electron chi connectivity index (χ3n) is 3.13. The smallest absolute Gasteiger partial charge is 0.336 e. The minimum atomic E-state index is -0.389. The highest BCUT2D eigenvalue weighted by atomic mass is 35.5. The molecule has 1 heterocycles. The molecule has 4 nitrogen and oxygen atoms in total. The fourth-order valence-corrected chi connectivity index (χ4v) is 2.25. The lowest BCUT2D eigenvalue weighted by Gasteiger charge is -2.09. The van der Waals surface area contributed by atoms with E-state index in [0.717, 1.165) is 10.9 Å². The van der Waals surface area contributed by atoms with Crippen LogP contribution in [0.4, 0.5) is 5.69 Å². The molecule has 0 saturated heterocycles. The van der Waals surface area contributed by atoms with Crippen LogP contribution in [0.3, 0.4) is 0 Å². The highest BCUT2D eigenvalue weighted by Gasteiger charge is 2.07. The maximum absolute atomic E-state index is 11.4. The molecule has 0 amide bonds. The van der Waals surface area contributed by atoms with Crippen molar-refractivity contribution in [2.24, 2.45) is 0 Å². The van der Waals surface area contributed by atoms with Crippen LogP contribution in [0.1, 0.15) is 5.56 Å². The first kappa shape index (κ1) is 13.5. The Morgan fingerprint density at radius 2 is 1.95 bits per heavy atom. The minimum Gasteiger partial charge on any atom is -0.455 e. The van der Waals surface area contributed by atoms with Gasteiger partial charge in [-0.2, -0.15) is 0 Å². The van der Waals surface area contributed by atoms with Gasteiger partial charge in [0.15, 0.2) is 5.75 Å². The van der Waals surface area contributed by atoms with E-state index in [1.807, 2.05) is 13.0 Å². The van der Waals surface area contributed by atoms with Crippen molar-refractivity contribution in [1.29, 1.82) is 0 Å². The van der Waals surface area contributed by atoms with Gasteiger partial charge in [-0.25, -0.2) is 4.79 Å². The molecule has 0 aliphatic carbocycles. The molecule has 3 rings (SSSR count). The molecule has 21 heavy (non-hydrogen) atoms. The molecule has 3 aromatic rings. The van der Waals surface area contributed by atoms with Crippen molar-refractivity contribution in [2.45, 2.75) is 6.92 Å². The lowest BCUT2D eigenvalue weighted by atomic mass is 10.1. The van der Waals surface area contributed by atoms with E-state index in [0.29, 0.717) is 27.8 Å². The summed E-state index contributed by atoms with van der Waals surface area (Å²) in [6.07, 6.45) is 0. The van der Waals surface area contributed by atoms with Gasteiger partial charge < -0.3 is 14.9 Å². The number of aryl methyl sites for hydroxylation is 1. The first-order chi connectivity index (χ1) is 10.0. The van der Waals surface area contributed by atoms with E-state index in [2.05, 4.69) is 0 Å². The summed E-state index contributed by atoms with van der Waals surface area (Å²) in [5.74, 6) is 0.974. The summed E-state index contributed by atoms with van der Waals surface area (Å²) < 4.78 is 10.9. The summed E-state index contributed by atoms with van der Waals surface area (Å²) in [6, 6.07) is 11.7. The number of anilines is 1. The van der Waals surface area contributed by atoms with E-state index in [1.165, 1.54) is 6.07 Å². The number of hydrogen-bond acceptors (Lipinski definition) is 4. The van der Waals surface area contributed by atoms with Crippen LogP contribution in [0.25, 0.3) is 11.0 Å². The lowest BCUT2D eigenvalue weighted by Crippen LogP contribution is -1.98. The number of nitrogen functional groups attached to an aromatic ring is 1. The fraction of sp³-hybridized carbons (Fsp3) is 0.0625. The molecule has 0 atom stereocenters. The van der Waals surface area contributed by atoms with Gasteiger partial charge >= 0.3 is 5.63 Å². The van der Waals surface area contributed by atoms with Gasteiger partial charge in [0, 0.05) is 28.6 Å². The average Bonchev–Trinajstić information content (AvgIpc) is 2.42. The summed E-state index contributed by atoms with van der Waals surface area (Å²) >= 11 is 5.92. The number of ether oxygens (including phenoxy) is 1. The van der Waals surface area contributed by atoms with Crippen LogP contribution in [0.2, 0.25) is 5.02 Å². The van der Waals surface area contributed by atoms with Crippen LogP contribution in [-0.4, -0.2) is 0 Å². The molecule has 0 aliphatic rings. The van der Waals surface area contributed by atoms with E-state index in [4.69, 9.17) is 26.5 Å². The Balaban J connectivity index is 2.05.